The SMILES string of the molecule is CC[C@H](C[C@H](O)[C@@H](N)CN1CC(=O)N(c2ccccc2Cl)CC1(C)C)C(=O)NCC(CC)(CC)CO. The Balaban J connectivity index is 1.98. The third kappa shape index (κ3) is 7.42. The number of nitrogens with zero attached hydrogens (tertiary/aromatic N) is 2. The molecule has 3 atom stereocenters. The summed E-state index contributed by atoms with van der Waals surface area (Å²) < 4.78 is 0. The Kier molecular flexibility index (Phi) is 11.2. The quantitative estimate of drug-likeness (QED) is 0.315. The fourth-order valence-electron chi connectivity index (χ4n) is 4.74. The van der Waals surface area contributed by atoms with Crippen LogP contribution in [0, 0.1) is 11.3 Å². The number of rotatable bonds is 13. The topological polar surface area (TPSA) is 119 Å². The standard InChI is InChI=1S/C27H45ClN4O4/c1-6-19(25(36)30-16-27(7-2,8-3)18-33)13-23(34)21(29)14-31-15-24(35)32(17-26(31,4)5)22-12-10-9-11-20(22)28/h9-12,19,21,23,33-34H,6-8,13-18,29H2,1-5H3,(H,30,36)/t19-,21+,23+/m1/s1. The van der Waals surface area contributed by atoms with E-state index in [0.29, 0.717) is 36.8 Å². The molecule has 8 nitrogen and oxygen atoms in total. The molecule has 1 heterocycles. The highest BCUT2D eigenvalue weighted by Crippen LogP contribution is 2.31. The first kappa shape index (κ1) is 30.5. The van der Waals surface area contributed by atoms with Crippen molar-refractivity contribution in [2.24, 2.45) is 17.1 Å². The van der Waals surface area contributed by atoms with Crippen LogP contribution in [0.15, 0.2) is 24.3 Å². The number of piperazine rings is 1. The first-order chi connectivity index (χ1) is 16.9. The molecule has 0 spiro atoms. The Hall–Kier alpha value is -1.71. The minimum atomic E-state index is -0.895. The Morgan fingerprint density at radius 2 is 1.89 bits per heavy atom. The van der Waals surface area contributed by atoms with Gasteiger partial charge in [0.15, 0.2) is 0 Å². The third-order valence-corrected chi connectivity index (χ3v) is 8.28. The maximum absolute atomic E-state index is 13.0. The largest absolute Gasteiger partial charge is 0.396 e. The second kappa shape index (κ2) is 13.2. The lowest BCUT2D eigenvalue weighted by Crippen LogP contribution is -2.64. The van der Waals surface area contributed by atoms with E-state index >= 15 is 0 Å². The number of halogens is 1. The van der Waals surface area contributed by atoms with Crippen LogP contribution in [0.2, 0.25) is 5.02 Å². The van der Waals surface area contributed by atoms with Gasteiger partial charge in [0.1, 0.15) is 0 Å². The first-order valence-corrected chi connectivity index (χ1v) is 13.4. The van der Waals surface area contributed by atoms with Gasteiger partial charge < -0.3 is 26.2 Å². The van der Waals surface area contributed by atoms with Crippen LogP contribution in [0.1, 0.15) is 60.3 Å². The van der Waals surface area contributed by atoms with Gasteiger partial charge in [-0.3, -0.25) is 14.5 Å². The Morgan fingerprint density at radius 3 is 2.44 bits per heavy atom. The van der Waals surface area contributed by atoms with Crippen molar-refractivity contribution in [3.8, 4) is 0 Å². The van der Waals surface area contributed by atoms with Crippen LogP contribution < -0.4 is 16.0 Å². The lowest BCUT2D eigenvalue weighted by Gasteiger charge is -2.47. The average Bonchev–Trinajstić information content (AvgIpc) is 2.86. The summed E-state index contributed by atoms with van der Waals surface area (Å²) in [5.41, 5.74) is 6.37. The molecule has 0 aliphatic carbocycles. The highest BCUT2D eigenvalue weighted by atomic mass is 35.5. The number of para-hydroxylation sites is 1. The highest BCUT2D eigenvalue weighted by Gasteiger charge is 2.40. The lowest BCUT2D eigenvalue weighted by atomic mass is 9.83. The van der Waals surface area contributed by atoms with Crippen LogP contribution in [-0.4, -0.2) is 77.4 Å². The van der Waals surface area contributed by atoms with Crippen LogP contribution >= 0.6 is 11.6 Å². The molecule has 1 aliphatic heterocycles. The van der Waals surface area contributed by atoms with E-state index in [-0.39, 0.29) is 48.3 Å². The van der Waals surface area contributed by atoms with Crippen molar-refractivity contribution in [2.75, 3.05) is 37.7 Å². The number of nitrogens with two attached hydrogens (primary N) is 1. The number of aliphatic hydroxyl groups excluding tert-OH is 2. The van der Waals surface area contributed by atoms with E-state index in [1.54, 1.807) is 11.0 Å². The molecular formula is C27H45ClN4O4. The van der Waals surface area contributed by atoms with Crippen LogP contribution in [0.4, 0.5) is 5.69 Å². The summed E-state index contributed by atoms with van der Waals surface area (Å²) in [5.74, 6) is -0.593. The monoisotopic (exact) mass is 524 g/mol. The predicted octanol–water partition coefficient (Wildman–Crippen LogP) is 2.79. The molecule has 0 radical (unpaired) electrons. The fourth-order valence-corrected chi connectivity index (χ4v) is 4.98. The number of nitrogens with one attached hydrogen (secondary N) is 1. The van der Waals surface area contributed by atoms with E-state index in [2.05, 4.69) is 5.32 Å². The van der Waals surface area contributed by atoms with Crippen LogP contribution in [0.5, 0.6) is 0 Å². The molecule has 0 unspecified atom stereocenters. The number of hydrogen-bond acceptors (Lipinski definition) is 6. The van der Waals surface area contributed by atoms with Crippen LogP contribution in [0.3, 0.4) is 0 Å². The van der Waals surface area contributed by atoms with Gasteiger partial charge in [-0.05, 0) is 51.7 Å². The molecule has 5 N–H and O–H groups in total. The van der Waals surface area contributed by atoms with Crippen molar-refractivity contribution in [3.05, 3.63) is 29.3 Å². The molecule has 1 aliphatic rings. The van der Waals surface area contributed by atoms with E-state index in [9.17, 15) is 19.8 Å². The minimum Gasteiger partial charge on any atom is -0.396 e. The summed E-state index contributed by atoms with van der Waals surface area (Å²) >= 11 is 6.33. The summed E-state index contributed by atoms with van der Waals surface area (Å²) in [4.78, 5) is 29.5. The molecule has 1 fully saturated rings. The predicted molar refractivity (Wildman–Crippen MR) is 145 cm³/mol. The van der Waals surface area contributed by atoms with E-state index in [1.165, 1.54) is 0 Å². The van der Waals surface area contributed by atoms with Gasteiger partial charge in [0, 0.05) is 42.5 Å². The van der Waals surface area contributed by atoms with E-state index < -0.39 is 12.1 Å². The van der Waals surface area contributed by atoms with Gasteiger partial charge in [-0.15, -0.1) is 0 Å². The molecule has 1 saturated heterocycles. The number of benzene rings is 1. The Morgan fingerprint density at radius 1 is 1.25 bits per heavy atom. The molecular weight excluding hydrogens is 480 g/mol. The number of carbonyl (C=O) groups is 2. The molecule has 1 aromatic carbocycles. The fraction of sp³-hybridized carbons (Fsp3) is 0.704. The molecule has 0 aromatic heterocycles. The van der Waals surface area contributed by atoms with Gasteiger partial charge in [0.25, 0.3) is 0 Å². The molecule has 204 valence electrons. The molecule has 1 aromatic rings. The highest BCUT2D eigenvalue weighted by molar-refractivity contribution is 6.33. The number of hydrogen-bond donors (Lipinski definition) is 4. The summed E-state index contributed by atoms with van der Waals surface area (Å²) in [6, 6.07) is 6.68. The van der Waals surface area contributed by atoms with Crippen molar-refractivity contribution >= 4 is 29.1 Å². The summed E-state index contributed by atoms with van der Waals surface area (Å²) in [6.07, 6.45) is 1.45. The average molecular weight is 525 g/mol. The molecule has 2 rings (SSSR count). The van der Waals surface area contributed by atoms with Gasteiger partial charge in [-0.25, -0.2) is 0 Å². The van der Waals surface area contributed by atoms with Crippen molar-refractivity contribution in [1.82, 2.24) is 10.2 Å². The smallest absolute Gasteiger partial charge is 0.241 e. The molecule has 36 heavy (non-hydrogen) atoms. The van der Waals surface area contributed by atoms with Gasteiger partial charge in [0.2, 0.25) is 11.8 Å². The van der Waals surface area contributed by atoms with E-state index in [1.807, 2.05) is 57.7 Å². The van der Waals surface area contributed by atoms with Crippen molar-refractivity contribution in [1.29, 1.82) is 0 Å². The zero-order chi connectivity index (χ0) is 27.1. The zero-order valence-electron chi connectivity index (χ0n) is 22.5. The number of aliphatic hydroxyl groups is 2. The van der Waals surface area contributed by atoms with Gasteiger partial charge in [0.05, 0.1) is 30.0 Å². The van der Waals surface area contributed by atoms with Gasteiger partial charge >= 0.3 is 0 Å². The molecule has 0 bridgehead atoms. The van der Waals surface area contributed by atoms with Crippen molar-refractivity contribution in [2.45, 2.75) is 78.0 Å². The molecule has 0 saturated carbocycles. The summed E-state index contributed by atoms with van der Waals surface area (Å²) in [7, 11) is 0. The van der Waals surface area contributed by atoms with Gasteiger partial charge in [-0.1, -0.05) is 44.5 Å². The maximum atomic E-state index is 13.0. The number of carbonyl (C=O) groups excluding carboxylic acids is 2. The van der Waals surface area contributed by atoms with Gasteiger partial charge in [-0.2, -0.15) is 0 Å². The van der Waals surface area contributed by atoms with Crippen LogP contribution in [0.25, 0.3) is 0 Å². The number of anilines is 1. The normalized spacial score (nSPS) is 19.1. The summed E-state index contributed by atoms with van der Waals surface area (Å²) in [6.45, 7) is 11.4. The summed E-state index contributed by atoms with van der Waals surface area (Å²) in [5, 5.41) is 24.2. The maximum Gasteiger partial charge on any atom is 0.241 e. The van der Waals surface area contributed by atoms with Crippen LogP contribution in [-0.2, 0) is 9.59 Å². The molecule has 2 amide bonds. The van der Waals surface area contributed by atoms with Crippen molar-refractivity contribution < 1.29 is 19.8 Å². The Bertz CT molecular complexity index is 869. The number of amides is 2. The van der Waals surface area contributed by atoms with E-state index in [4.69, 9.17) is 17.3 Å². The second-order valence-electron chi connectivity index (χ2n) is 10.8. The van der Waals surface area contributed by atoms with E-state index in [0.717, 1.165) is 12.8 Å². The Labute approximate surface area is 221 Å². The second-order valence-corrected chi connectivity index (χ2v) is 11.2. The lowest BCUT2D eigenvalue weighted by molar-refractivity contribution is -0.127. The minimum absolute atomic E-state index is 0.0167. The van der Waals surface area contributed by atoms with Crippen molar-refractivity contribution in [3.63, 3.8) is 0 Å². The third-order valence-electron chi connectivity index (χ3n) is 7.96. The molecule has 9 heteroatoms. The first-order valence-electron chi connectivity index (χ1n) is 13.1. The zero-order valence-corrected chi connectivity index (χ0v) is 23.2.